The van der Waals surface area contributed by atoms with Crippen molar-refractivity contribution in [1.29, 1.82) is 0 Å². The summed E-state index contributed by atoms with van der Waals surface area (Å²) in [6.07, 6.45) is 6.97. The standard InChI is InChI=1S/C23H30ClN3O3/c1-16-5-2-3-6-18(13-21(28)25-14-17-8-10-19(24)11-9-17)23(30)27-12-4-7-20(27)15-26-22(16)29/h2-3,8-11,16,18,20H,4-7,12-15H2,1H3,(H,25,28)(H,26,29)/b3-2-/t16-,18-,20-/m0/s1. The first-order valence-electron chi connectivity index (χ1n) is 10.7. The molecular formula is C23H30ClN3O3. The van der Waals surface area contributed by atoms with Crippen LogP contribution in [0.4, 0.5) is 0 Å². The number of hydrogen-bond acceptors (Lipinski definition) is 3. The van der Waals surface area contributed by atoms with Gasteiger partial charge in [-0.2, -0.15) is 0 Å². The lowest BCUT2D eigenvalue weighted by molar-refractivity contribution is -0.139. The Hall–Kier alpha value is -2.34. The van der Waals surface area contributed by atoms with Gasteiger partial charge in [0, 0.05) is 43.0 Å². The van der Waals surface area contributed by atoms with E-state index in [4.69, 9.17) is 11.6 Å². The molecule has 0 bridgehead atoms. The van der Waals surface area contributed by atoms with Crippen molar-refractivity contribution in [3.63, 3.8) is 0 Å². The zero-order chi connectivity index (χ0) is 21.5. The number of amides is 3. The monoisotopic (exact) mass is 431 g/mol. The quantitative estimate of drug-likeness (QED) is 0.719. The molecule has 3 amide bonds. The fraction of sp³-hybridized carbons (Fsp3) is 0.522. The van der Waals surface area contributed by atoms with Crippen molar-refractivity contribution in [1.82, 2.24) is 15.5 Å². The van der Waals surface area contributed by atoms with Gasteiger partial charge >= 0.3 is 0 Å². The minimum absolute atomic E-state index is 0.00617. The number of hydrogen-bond donors (Lipinski definition) is 2. The molecule has 0 aromatic heterocycles. The van der Waals surface area contributed by atoms with Crippen molar-refractivity contribution < 1.29 is 14.4 Å². The van der Waals surface area contributed by atoms with Crippen LogP contribution >= 0.6 is 11.6 Å². The molecule has 0 aliphatic carbocycles. The number of nitrogens with zero attached hydrogens (tertiary/aromatic N) is 1. The molecule has 1 aromatic carbocycles. The molecule has 2 aliphatic rings. The molecule has 0 spiro atoms. The molecule has 0 radical (unpaired) electrons. The van der Waals surface area contributed by atoms with Gasteiger partial charge in [-0.25, -0.2) is 0 Å². The van der Waals surface area contributed by atoms with Gasteiger partial charge < -0.3 is 15.5 Å². The van der Waals surface area contributed by atoms with Crippen molar-refractivity contribution in [2.75, 3.05) is 13.1 Å². The zero-order valence-corrected chi connectivity index (χ0v) is 18.2. The second kappa shape index (κ2) is 10.6. The van der Waals surface area contributed by atoms with Gasteiger partial charge in [0.25, 0.3) is 0 Å². The van der Waals surface area contributed by atoms with Gasteiger partial charge in [-0.15, -0.1) is 0 Å². The Kier molecular flexibility index (Phi) is 7.91. The van der Waals surface area contributed by atoms with Crippen LogP contribution in [-0.4, -0.2) is 41.8 Å². The van der Waals surface area contributed by atoms with E-state index in [-0.39, 0.29) is 36.1 Å². The number of nitrogens with one attached hydrogen (secondary N) is 2. The topological polar surface area (TPSA) is 78.5 Å². The van der Waals surface area contributed by atoms with Gasteiger partial charge in [-0.05, 0) is 43.4 Å². The van der Waals surface area contributed by atoms with Gasteiger partial charge in [0.15, 0.2) is 0 Å². The van der Waals surface area contributed by atoms with Gasteiger partial charge in [0.05, 0.1) is 5.92 Å². The maximum Gasteiger partial charge on any atom is 0.226 e. The molecule has 0 unspecified atom stereocenters. The Labute approximate surface area is 183 Å². The van der Waals surface area contributed by atoms with Crippen LogP contribution < -0.4 is 10.6 Å². The maximum absolute atomic E-state index is 13.2. The molecule has 2 N–H and O–H groups in total. The highest BCUT2D eigenvalue weighted by molar-refractivity contribution is 6.30. The van der Waals surface area contributed by atoms with Crippen LogP contribution in [0.5, 0.6) is 0 Å². The lowest BCUT2D eigenvalue weighted by Gasteiger charge is -2.29. The minimum Gasteiger partial charge on any atom is -0.354 e. The Balaban J connectivity index is 1.65. The molecule has 0 saturated carbocycles. The highest BCUT2D eigenvalue weighted by Crippen LogP contribution is 2.24. The predicted molar refractivity (Wildman–Crippen MR) is 117 cm³/mol. The van der Waals surface area contributed by atoms with Crippen LogP contribution in [0.25, 0.3) is 0 Å². The first-order chi connectivity index (χ1) is 14.4. The molecule has 2 heterocycles. The fourth-order valence-corrected chi connectivity index (χ4v) is 4.13. The third-order valence-electron chi connectivity index (χ3n) is 5.88. The van der Waals surface area contributed by atoms with E-state index in [0.29, 0.717) is 37.5 Å². The summed E-state index contributed by atoms with van der Waals surface area (Å²) in [6, 6.07) is 7.33. The van der Waals surface area contributed by atoms with Crippen LogP contribution in [0.3, 0.4) is 0 Å². The lowest BCUT2D eigenvalue weighted by atomic mass is 9.96. The summed E-state index contributed by atoms with van der Waals surface area (Å²) >= 11 is 5.90. The summed E-state index contributed by atoms with van der Waals surface area (Å²) in [5.41, 5.74) is 0.960. The van der Waals surface area contributed by atoms with E-state index in [1.807, 2.05) is 36.1 Å². The van der Waals surface area contributed by atoms with E-state index in [1.165, 1.54) is 0 Å². The summed E-state index contributed by atoms with van der Waals surface area (Å²) in [6.45, 7) is 3.48. The number of fused-ring (bicyclic) bond motifs is 1. The Morgan fingerprint density at radius 1 is 1.20 bits per heavy atom. The summed E-state index contributed by atoms with van der Waals surface area (Å²) in [5, 5.41) is 6.55. The molecule has 162 valence electrons. The first kappa shape index (κ1) is 22.3. The van der Waals surface area contributed by atoms with E-state index in [1.54, 1.807) is 12.1 Å². The second-order valence-corrected chi connectivity index (χ2v) is 8.66. The van der Waals surface area contributed by atoms with Crippen molar-refractivity contribution in [2.45, 2.75) is 51.6 Å². The number of allylic oxidation sites excluding steroid dienone is 2. The average molecular weight is 432 g/mol. The summed E-state index contributed by atoms with van der Waals surface area (Å²) in [4.78, 5) is 39.9. The Bertz CT molecular complexity index is 793. The highest BCUT2D eigenvalue weighted by Gasteiger charge is 2.34. The van der Waals surface area contributed by atoms with E-state index in [2.05, 4.69) is 10.6 Å². The van der Waals surface area contributed by atoms with Gasteiger partial charge in [0.2, 0.25) is 17.7 Å². The first-order valence-corrected chi connectivity index (χ1v) is 11.1. The molecule has 3 rings (SSSR count). The molecular weight excluding hydrogens is 402 g/mol. The fourth-order valence-electron chi connectivity index (χ4n) is 4.00. The van der Waals surface area contributed by atoms with E-state index in [9.17, 15) is 14.4 Å². The molecule has 30 heavy (non-hydrogen) atoms. The van der Waals surface area contributed by atoms with Crippen molar-refractivity contribution >= 4 is 29.3 Å². The van der Waals surface area contributed by atoms with Gasteiger partial charge in [0.1, 0.15) is 0 Å². The molecule has 1 saturated heterocycles. The molecule has 7 heteroatoms. The summed E-state index contributed by atoms with van der Waals surface area (Å²) in [7, 11) is 0. The molecule has 3 atom stereocenters. The van der Waals surface area contributed by atoms with E-state index in [0.717, 1.165) is 18.4 Å². The van der Waals surface area contributed by atoms with Crippen LogP contribution in [-0.2, 0) is 20.9 Å². The van der Waals surface area contributed by atoms with E-state index < -0.39 is 5.92 Å². The summed E-state index contributed by atoms with van der Waals surface area (Å²) in [5.74, 6) is -0.601. The van der Waals surface area contributed by atoms with Crippen LogP contribution in [0, 0.1) is 11.8 Å². The number of carbonyl (C=O) groups is 3. The molecule has 6 nitrogen and oxygen atoms in total. The molecule has 1 aromatic rings. The van der Waals surface area contributed by atoms with Gasteiger partial charge in [-0.1, -0.05) is 42.8 Å². The molecule has 2 aliphatic heterocycles. The lowest BCUT2D eigenvalue weighted by Crippen LogP contribution is -2.47. The van der Waals surface area contributed by atoms with Crippen molar-refractivity contribution in [2.24, 2.45) is 11.8 Å². The van der Waals surface area contributed by atoms with Crippen molar-refractivity contribution in [3.05, 3.63) is 47.0 Å². The number of carbonyl (C=O) groups excluding carboxylic acids is 3. The maximum atomic E-state index is 13.2. The van der Waals surface area contributed by atoms with Gasteiger partial charge in [-0.3, -0.25) is 14.4 Å². The Morgan fingerprint density at radius 2 is 1.93 bits per heavy atom. The molecule has 1 fully saturated rings. The highest BCUT2D eigenvalue weighted by atomic mass is 35.5. The smallest absolute Gasteiger partial charge is 0.226 e. The van der Waals surface area contributed by atoms with Crippen LogP contribution in [0.2, 0.25) is 5.02 Å². The number of benzene rings is 1. The zero-order valence-electron chi connectivity index (χ0n) is 17.4. The summed E-state index contributed by atoms with van der Waals surface area (Å²) < 4.78 is 0. The number of halogens is 1. The largest absolute Gasteiger partial charge is 0.354 e. The second-order valence-electron chi connectivity index (χ2n) is 8.22. The van der Waals surface area contributed by atoms with Crippen molar-refractivity contribution in [3.8, 4) is 0 Å². The SMILES string of the molecule is C[C@H]1C/C=C\C[C@@H](CC(=O)NCc2ccc(Cl)cc2)C(=O)N2CCC[C@H]2CNC1=O. The van der Waals surface area contributed by atoms with Crippen LogP contribution in [0.15, 0.2) is 36.4 Å². The Morgan fingerprint density at radius 3 is 2.70 bits per heavy atom. The third-order valence-corrected chi connectivity index (χ3v) is 6.13. The average Bonchev–Trinajstić information content (AvgIpc) is 3.21. The third kappa shape index (κ3) is 6.08. The normalized spacial score (nSPS) is 26.2. The van der Waals surface area contributed by atoms with E-state index >= 15 is 0 Å². The number of rotatable bonds is 4. The minimum atomic E-state index is -0.391. The van der Waals surface area contributed by atoms with Crippen LogP contribution in [0.1, 0.15) is 44.6 Å². The predicted octanol–water partition coefficient (Wildman–Crippen LogP) is 3.06.